The van der Waals surface area contributed by atoms with Crippen LogP contribution in [0.4, 0.5) is 0 Å². The molecule has 18 heavy (non-hydrogen) atoms. The molecule has 1 heterocycles. The van der Waals surface area contributed by atoms with Gasteiger partial charge in [0.25, 0.3) is 0 Å². The zero-order valence-electron chi connectivity index (χ0n) is 10.9. The van der Waals surface area contributed by atoms with Gasteiger partial charge >= 0.3 is 0 Å². The Balaban J connectivity index is 1.72. The van der Waals surface area contributed by atoms with E-state index in [1.54, 1.807) is 0 Å². The summed E-state index contributed by atoms with van der Waals surface area (Å²) in [6.45, 7) is 7.10. The minimum absolute atomic E-state index is 0.529. The van der Waals surface area contributed by atoms with Crippen molar-refractivity contribution < 1.29 is 0 Å². The standard InChI is InChI=1S/C15H19Cl2N/c1-10(2)18-8-12-7-15(12,9-18)6-11-3-4-13(16)14(17)5-11/h3-5,10,12H,6-9H2,1-2H3/t12-,15?/m0/s1. The van der Waals surface area contributed by atoms with Crippen LogP contribution in [-0.4, -0.2) is 24.0 Å². The Labute approximate surface area is 119 Å². The predicted octanol–water partition coefficient (Wildman–Crippen LogP) is 4.27. The van der Waals surface area contributed by atoms with Crippen LogP contribution in [0.2, 0.25) is 10.0 Å². The van der Waals surface area contributed by atoms with Crippen LogP contribution < -0.4 is 0 Å². The lowest BCUT2D eigenvalue weighted by molar-refractivity contribution is 0.229. The van der Waals surface area contributed by atoms with E-state index in [2.05, 4.69) is 24.8 Å². The Morgan fingerprint density at radius 2 is 2.11 bits per heavy atom. The van der Waals surface area contributed by atoms with Crippen LogP contribution in [0.1, 0.15) is 25.8 Å². The van der Waals surface area contributed by atoms with Gasteiger partial charge in [-0.25, -0.2) is 0 Å². The molecule has 0 spiro atoms. The van der Waals surface area contributed by atoms with Gasteiger partial charge in [0.1, 0.15) is 0 Å². The molecule has 1 saturated heterocycles. The number of piperidine rings is 1. The van der Waals surface area contributed by atoms with Crippen LogP contribution in [0.3, 0.4) is 0 Å². The monoisotopic (exact) mass is 283 g/mol. The molecule has 1 aromatic carbocycles. The molecule has 1 aliphatic carbocycles. The molecule has 0 radical (unpaired) electrons. The average molecular weight is 284 g/mol. The maximum atomic E-state index is 6.10. The molecule has 1 unspecified atom stereocenters. The second-order valence-corrected chi connectivity index (χ2v) is 7.03. The van der Waals surface area contributed by atoms with E-state index < -0.39 is 0 Å². The average Bonchev–Trinajstić information content (AvgIpc) is 2.85. The lowest BCUT2D eigenvalue weighted by Gasteiger charge is -2.24. The number of hydrogen-bond donors (Lipinski definition) is 0. The maximum Gasteiger partial charge on any atom is 0.0595 e. The second kappa shape index (κ2) is 4.40. The van der Waals surface area contributed by atoms with E-state index in [1.165, 1.54) is 25.1 Å². The summed E-state index contributed by atoms with van der Waals surface area (Å²) in [4.78, 5) is 2.60. The van der Waals surface area contributed by atoms with Crippen LogP contribution >= 0.6 is 23.2 Å². The Morgan fingerprint density at radius 1 is 1.33 bits per heavy atom. The summed E-state index contributed by atoms with van der Waals surface area (Å²) in [6.07, 6.45) is 2.54. The molecule has 1 aromatic rings. The molecule has 1 aliphatic heterocycles. The molecule has 3 rings (SSSR count). The van der Waals surface area contributed by atoms with E-state index in [-0.39, 0.29) is 0 Å². The number of halogens is 2. The number of fused-ring (bicyclic) bond motifs is 1. The smallest absolute Gasteiger partial charge is 0.0595 e. The van der Waals surface area contributed by atoms with E-state index in [0.29, 0.717) is 21.5 Å². The molecule has 0 aromatic heterocycles. The molecule has 0 bridgehead atoms. The van der Waals surface area contributed by atoms with Crippen LogP contribution in [0, 0.1) is 11.3 Å². The van der Waals surface area contributed by atoms with Gasteiger partial charge in [0, 0.05) is 19.1 Å². The number of hydrogen-bond acceptors (Lipinski definition) is 1. The topological polar surface area (TPSA) is 3.24 Å². The third-order valence-electron chi connectivity index (χ3n) is 4.60. The van der Waals surface area contributed by atoms with E-state index in [9.17, 15) is 0 Å². The summed E-state index contributed by atoms with van der Waals surface area (Å²) in [5.41, 5.74) is 1.86. The molecular weight excluding hydrogens is 265 g/mol. The lowest BCUT2D eigenvalue weighted by Crippen LogP contribution is -2.32. The van der Waals surface area contributed by atoms with Gasteiger partial charge in [-0.1, -0.05) is 29.3 Å². The summed E-state index contributed by atoms with van der Waals surface area (Å²) in [6, 6.07) is 6.74. The summed E-state index contributed by atoms with van der Waals surface area (Å²) >= 11 is 12.1. The zero-order chi connectivity index (χ0) is 12.9. The highest BCUT2D eigenvalue weighted by Gasteiger charge is 2.59. The van der Waals surface area contributed by atoms with Crippen molar-refractivity contribution in [3.8, 4) is 0 Å². The largest absolute Gasteiger partial charge is 0.300 e. The first kappa shape index (κ1) is 12.8. The fourth-order valence-corrected chi connectivity index (χ4v) is 3.68. The van der Waals surface area contributed by atoms with Crippen LogP contribution in [-0.2, 0) is 6.42 Å². The van der Waals surface area contributed by atoms with Gasteiger partial charge in [0.05, 0.1) is 10.0 Å². The molecule has 2 aliphatic rings. The van der Waals surface area contributed by atoms with Gasteiger partial charge in [-0.15, -0.1) is 0 Å². The van der Waals surface area contributed by atoms with E-state index in [4.69, 9.17) is 23.2 Å². The van der Waals surface area contributed by atoms with Crippen molar-refractivity contribution in [3.05, 3.63) is 33.8 Å². The van der Waals surface area contributed by atoms with E-state index in [0.717, 1.165) is 12.3 Å². The van der Waals surface area contributed by atoms with Gasteiger partial charge in [0.2, 0.25) is 0 Å². The van der Waals surface area contributed by atoms with Crippen LogP contribution in [0.15, 0.2) is 18.2 Å². The highest BCUT2D eigenvalue weighted by Crippen LogP contribution is 2.59. The predicted molar refractivity (Wildman–Crippen MR) is 77.4 cm³/mol. The molecule has 98 valence electrons. The van der Waals surface area contributed by atoms with Crippen LogP contribution in [0.25, 0.3) is 0 Å². The highest BCUT2D eigenvalue weighted by molar-refractivity contribution is 6.42. The first-order valence-electron chi connectivity index (χ1n) is 6.68. The van der Waals surface area contributed by atoms with Gasteiger partial charge in [-0.2, -0.15) is 0 Å². The second-order valence-electron chi connectivity index (χ2n) is 6.21. The van der Waals surface area contributed by atoms with Gasteiger partial charge < -0.3 is 4.90 Å². The third-order valence-corrected chi connectivity index (χ3v) is 5.34. The Morgan fingerprint density at radius 3 is 2.72 bits per heavy atom. The minimum Gasteiger partial charge on any atom is -0.300 e. The minimum atomic E-state index is 0.529. The third kappa shape index (κ3) is 2.17. The molecule has 1 nitrogen and oxygen atoms in total. The Hall–Kier alpha value is -0.240. The Bertz CT molecular complexity index is 472. The highest BCUT2D eigenvalue weighted by atomic mass is 35.5. The van der Waals surface area contributed by atoms with Gasteiger partial charge in [-0.3, -0.25) is 0 Å². The molecule has 1 saturated carbocycles. The fourth-order valence-electron chi connectivity index (χ4n) is 3.36. The molecule has 2 fully saturated rings. The first-order chi connectivity index (χ1) is 8.50. The number of likely N-dealkylation sites (tertiary alicyclic amines) is 1. The van der Waals surface area contributed by atoms with Gasteiger partial charge in [0.15, 0.2) is 0 Å². The van der Waals surface area contributed by atoms with Crippen molar-refractivity contribution >= 4 is 23.2 Å². The normalized spacial score (nSPS) is 30.8. The van der Waals surface area contributed by atoms with Gasteiger partial charge in [-0.05, 0) is 55.7 Å². The van der Waals surface area contributed by atoms with E-state index >= 15 is 0 Å². The molecule has 0 N–H and O–H groups in total. The summed E-state index contributed by atoms with van der Waals surface area (Å²) < 4.78 is 0. The molecule has 0 amide bonds. The van der Waals surface area contributed by atoms with Crippen molar-refractivity contribution in [2.75, 3.05) is 13.1 Å². The molecular formula is C15H19Cl2N. The summed E-state index contributed by atoms with van der Waals surface area (Å²) in [5, 5.41) is 1.34. The van der Waals surface area contributed by atoms with Crippen LogP contribution in [0.5, 0.6) is 0 Å². The van der Waals surface area contributed by atoms with Crippen molar-refractivity contribution in [2.45, 2.75) is 32.7 Å². The number of benzene rings is 1. The number of nitrogens with zero attached hydrogens (tertiary/aromatic N) is 1. The van der Waals surface area contributed by atoms with Crippen molar-refractivity contribution in [3.63, 3.8) is 0 Å². The first-order valence-corrected chi connectivity index (χ1v) is 7.44. The quantitative estimate of drug-likeness (QED) is 0.801. The molecule has 2 atom stereocenters. The van der Waals surface area contributed by atoms with Crippen molar-refractivity contribution in [1.29, 1.82) is 0 Å². The fraction of sp³-hybridized carbons (Fsp3) is 0.600. The number of rotatable bonds is 3. The maximum absolute atomic E-state index is 6.10. The van der Waals surface area contributed by atoms with E-state index in [1.807, 2.05) is 12.1 Å². The lowest BCUT2D eigenvalue weighted by atomic mass is 9.95. The summed E-state index contributed by atoms with van der Waals surface area (Å²) in [5.74, 6) is 0.898. The van der Waals surface area contributed by atoms with Crippen molar-refractivity contribution in [2.24, 2.45) is 11.3 Å². The Kier molecular flexibility index (Phi) is 3.12. The summed E-state index contributed by atoms with van der Waals surface area (Å²) in [7, 11) is 0. The molecule has 3 heteroatoms. The SMILES string of the molecule is CC(C)N1C[C@@H]2CC2(Cc2ccc(Cl)c(Cl)c2)C1. The zero-order valence-corrected chi connectivity index (χ0v) is 12.4. The van der Waals surface area contributed by atoms with Crippen molar-refractivity contribution in [1.82, 2.24) is 4.90 Å².